The zero-order chi connectivity index (χ0) is 10.6. The standard InChI is InChI=1S/C9H17BrO3/c1-6(2)7(12-4)9(3,10)8(11)13-5/h6-7H,1-5H3/t7-,9+/m0/s1. The van der Waals surface area contributed by atoms with Crippen molar-refractivity contribution in [2.24, 2.45) is 5.92 Å². The third kappa shape index (κ3) is 2.95. The van der Waals surface area contributed by atoms with Gasteiger partial charge in [0.15, 0.2) is 0 Å². The first kappa shape index (κ1) is 12.9. The maximum absolute atomic E-state index is 11.4. The molecule has 3 nitrogen and oxygen atoms in total. The fourth-order valence-electron chi connectivity index (χ4n) is 1.44. The van der Waals surface area contributed by atoms with E-state index in [0.29, 0.717) is 0 Å². The van der Waals surface area contributed by atoms with Crippen molar-refractivity contribution in [2.75, 3.05) is 14.2 Å². The molecule has 0 aromatic heterocycles. The molecule has 0 spiro atoms. The Hall–Kier alpha value is -0.0900. The predicted octanol–water partition coefficient (Wildman–Crippen LogP) is 1.98. The van der Waals surface area contributed by atoms with E-state index < -0.39 is 4.32 Å². The first-order valence-electron chi connectivity index (χ1n) is 4.18. The van der Waals surface area contributed by atoms with Gasteiger partial charge < -0.3 is 9.47 Å². The lowest BCUT2D eigenvalue weighted by atomic mass is 9.94. The molecule has 0 saturated carbocycles. The van der Waals surface area contributed by atoms with Gasteiger partial charge in [-0.05, 0) is 12.8 Å². The van der Waals surface area contributed by atoms with Crippen LogP contribution in [-0.4, -0.2) is 30.6 Å². The molecule has 0 fully saturated rings. The van der Waals surface area contributed by atoms with E-state index in [0.717, 1.165) is 0 Å². The third-order valence-electron chi connectivity index (χ3n) is 1.98. The predicted molar refractivity (Wildman–Crippen MR) is 55.0 cm³/mol. The zero-order valence-electron chi connectivity index (χ0n) is 8.76. The van der Waals surface area contributed by atoms with Gasteiger partial charge in [0.05, 0.1) is 13.2 Å². The molecule has 0 saturated heterocycles. The number of rotatable bonds is 4. The Morgan fingerprint density at radius 2 is 1.85 bits per heavy atom. The molecule has 0 aliphatic carbocycles. The molecule has 0 aromatic rings. The topological polar surface area (TPSA) is 35.5 Å². The second-order valence-electron chi connectivity index (χ2n) is 3.47. The number of halogens is 1. The number of alkyl halides is 1. The normalized spacial score (nSPS) is 18.1. The molecule has 0 bridgehead atoms. The fraction of sp³-hybridized carbons (Fsp3) is 0.889. The van der Waals surface area contributed by atoms with Gasteiger partial charge in [-0.2, -0.15) is 0 Å². The molecule has 0 N–H and O–H groups in total. The van der Waals surface area contributed by atoms with E-state index in [1.54, 1.807) is 14.0 Å². The van der Waals surface area contributed by atoms with E-state index >= 15 is 0 Å². The van der Waals surface area contributed by atoms with Crippen LogP contribution in [0, 0.1) is 5.92 Å². The quantitative estimate of drug-likeness (QED) is 0.567. The van der Waals surface area contributed by atoms with Crippen molar-refractivity contribution in [2.45, 2.75) is 31.2 Å². The molecule has 0 radical (unpaired) electrons. The molecule has 78 valence electrons. The van der Waals surface area contributed by atoms with E-state index in [1.807, 2.05) is 13.8 Å². The molecule has 0 aliphatic rings. The molecular formula is C9H17BrO3. The van der Waals surface area contributed by atoms with E-state index in [2.05, 4.69) is 20.7 Å². The minimum absolute atomic E-state index is 0.194. The second-order valence-corrected chi connectivity index (χ2v) is 5.11. The first-order valence-corrected chi connectivity index (χ1v) is 4.97. The van der Waals surface area contributed by atoms with Crippen molar-refractivity contribution in [1.29, 1.82) is 0 Å². The summed E-state index contributed by atoms with van der Waals surface area (Å²) < 4.78 is 9.16. The van der Waals surface area contributed by atoms with Crippen molar-refractivity contribution >= 4 is 21.9 Å². The van der Waals surface area contributed by atoms with Gasteiger partial charge in [0.2, 0.25) is 0 Å². The van der Waals surface area contributed by atoms with Crippen LogP contribution in [0.15, 0.2) is 0 Å². The second kappa shape index (κ2) is 4.96. The van der Waals surface area contributed by atoms with Crippen molar-refractivity contribution in [3.05, 3.63) is 0 Å². The van der Waals surface area contributed by atoms with Crippen LogP contribution in [0.1, 0.15) is 20.8 Å². The van der Waals surface area contributed by atoms with Gasteiger partial charge in [-0.3, -0.25) is 4.79 Å². The number of hydrogen-bond donors (Lipinski definition) is 0. The summed E-state index contributed by atoms with van der Waals surface area (Å²) in [5.74, 6) is -0.0680. The molecule has 0 unspecified atom stereocenters. The lowest BCUT2D eigenvalue weighted by Gasteiger charge is -2.31. The van der Waals surface area contributed by atoms with Crippen LogP contribution in [0.4, 0.5) is 0 Å². The van der Waals surface area contributed by atoms with Crippen LogP contribution in [-0.2, 0) is 14.3 Å². The number of ether oxygens (including phenoxy) is 2. The van der Waals surface area contributed by atoms with Crippen LogP contribution in [0.5, 0.6) is 0 Å². The number of carbonyl (C=O) groups excluding carboxylic acids is 1. The molecular weight excluding hydrogens is 236 g/mol. The van der Waals surface area contributed by atoms with Crippen molar-refractivity contribution in [3.8, 4) is 0 Å². The lowest BCUT2D eigenvalue weighted by molar-refractivity contribution is -0.147. The number of carbonyl (C=O) groups is 1. The van der Waals surface area contributed by atoms with Gasteiger partial charge in [-0.15, -0.1) is 0 Å². The van der Waals surface area contributed by atoms with E-state index in [4.69, 9.17) is 4.74 Å². The van der Waals surface area contributed by atoms with Crippen molar-refractivity contribution in [1.82, 2.24) is 0 Å². The molecule has 2 atom stereocenters. The Labute approximate surface area is 87.9 Å². The minimum Gasteiger partial charge on any atom is -0.468 e. The maximum atomic E-state index is 11.4. The molecule has 0 rings (SSSR count). The highest BCUT2D eigenvalue weighted by molar-refractivity contribution is 9.10. The van der Waals surface area contributed by atoms with Gasteiger partial charge in [-0.1, -0.05) is 29.8 Å². The molecule has 0 aromatic carbocycles. The summed E-state index contributed by atoms with van der Waals surface area (Å²) in [6.07, 6.45) is -0.194. The van der Waals surface area contributed by atoms with Crippen molar-refractivity contribution in [3.63, 3.8) is 0 Å². The highest BCUT2D eigenvalue weighted by Gasteiger charge is 2.42. The Bertz CT molecular complexity index is 178. The summed E-state index contributed by atoms with van der Waals surface area (Å²) in [7, 11) is 2.96. The Morgan fingerprint density at radius 3 is 2.08 bits per heavy atom. The Kier molecular flexibility index (Phi) is 4.92. The fourth-order valence-corrected chi connectivity index (χ4v) is 2.31. The minimum atomic E-state index is -0.773. The molecule has 0 aliphatic heterocycles. The first-order chi connectivity index (χ1) is 5.87. The summed E-state index contributed by atoms with van der Waals surface area (Å²) in [6, 6.07) is 0. The molecule has 13 heavy (non-hydrogen) atoms. The Morgan fingerprint density at radius 1 is 1.38 bits per heavy atom. The Balaban J connectivity index is 4.66. The average molecular weight is 253 g/mol. The summed E-state index contributed by atoms with van der Waals surface area (Å²) in [6.45, 7) is 5.75. The van der Waals surface area contributed by atoms with Crippen molar-refractivity contribution < 1.29 is 14.3 Å². The number of esters is 1. The van der Waals surface area contributed by atoms with E-state index in [1.165, 1.54) is 7.11 Å². The zero-order valence-corrected chi connectivity index (χ0v) is 10.3. The summed E-state index contributed by atoms with van der Waals surface area (Å²) in [4.78, 5) is 11.4. The van der Waals surface area contributed by atoms with Gasteiger partial charge >= 0.3 is 5.97 Å². The SMILES string of the molecule is COC(=O)[C@](C)(Br)[C@@H](OC)C(C)C. The van der Waals surface area contributed by atoms with Gasteiger partial charge in [-0.25, -0.2) is 0 Å². The molecule has 0 amide bonds. The molecule has 0 heterocycles. The summed E-state index contributed by atoms with van der Waals surface area (Å²) in [5, 5.41) is 0. The van der Waals surface area contributed by atoms with Crippen LogP contribution in [0.25, 0.3) is 0 Å². The van der Waals surface area contributed by atoms with Crippen LogP contribution >= 0.6 is 15.9 Å². The lowest BCUT2D eigenvalue weighted by Crippen LogP contribution is -2.46. The number of methoxy groups -OCH3 is 2. The number of hydrogen-bond acceptors (Lipinski definition) is 3. The smallest absolute Gasteiger partial charge is 0.325 e. The van der Waals surface area contributed by atoms with Crippen LogP contribution in [0.2, 0.25) is 0 Å². The van der Waals surface area contributed by atoms with Crippen LogP contribution in [0.3, 0.4) is 0 Å². The van der Waals surface area contributed by atoms with Gasteiger partial charge in [0.1, 0.15) is 4.32 Å². The monoisotopic (exact) mass is 252 g/mol. The summed E-state index contributed by atoms with van der Waals surface area (Å²) >= 11 is 3.34. The van der Waals surface area contributed by atoms with E-state index in [-0.39, 0.29) is 18.0 Å². The molecule has 4 heteroatoms. The van der Waals surface area contributed by atoms with Gasteiger partial charge in [0.25, 0.3) is 0 Å². The van der Waals surface area contributed by atoms with Crippen LogP contribution < -0.4 is 0 Å². The van der Waals surface area contributed by atoms with E-state index in [9.17, 15) is 4.79 Å². The highest BCUT2D eigenvalue weighted by Crippen LogP contribution is 2.30. The average Bonchev–Trinajstić information content (AvgIpc) is 2.02. The third-order valence-corrected chi connectivity index (χ3v) is 2.75. The highest BCUT2D eigenvalue weighted by atomic mass is 79.9. The van der Waals surface area contributed by atoms with Gasteiger partial charge in [0, 0.05) is 7.11 Å². The maximum Gasteiger partial charge on any atom is 0.325 e. The summed E-state index contributed by atoms with van der Waals surface area (Å²) in [5.41, 5.74) is 0. The largest absolute Gasteiger partial charge is 0.468 e.